The molecule has 2 nitrogen and oxygen atoms in total. The summed E-state index contributed by atoms with van der Waals surface area (Å²) in [6.45, 7) is 4.63. The van der Waals surface area contributed by atoms with Gasteiger partial charge in [-0.2, -0.15) is 0 Å². The SMILES string of the molecule is COC1(C)CC2(CNC2)C1. The van der Waals surface area contributed by atoms with E-state index >= 15 is 0 Å². The van der Waals surface area contributed by atoms with Crippen LogP contribution in [0.1, 0.15) is 19.8 Å². The third-order valence-electron chi connectivity index (χ3n) is 2.99. The fourth-order valence-electron chi connectivity index (χ4n) is 2.41. The van der Waals surface area contributed by atoms with Gasteiger partial charge in [0.15, 0.2) is 0 Å². The lowest BCUT2D eigenvalue weighted by molar-refractivity contribution is -0.157. The molecule has 0 aromatic rings. The molecule has 10 heavy (non-hydrogen) atoms. The Kier molecular flexibility index (Phi) is 1.15. The van der Waals surface area contributed by atoms with Gasteiger partial charge in [0.25, 0.3) is 0 Å². The van der Waals surface area contributed by atoms with Gasteiger partial charge in [-0.3, -0.25) is 0 Å². The Morgan fingerprint density at radius 3 is 2.20 bits per heavy atom. The summed E-state index contributed by atoms with van der Waals surface area (Å²) in [7, 11) is 1.82. The molecule has 2 fully saturated rings. The molecule has 1 aliphatic carbocycles. The van der Waals surface area contributed by atoms with Crippen LogP contribution in [0.3, 0.4) is 0 Å². The first-order valence-corrected chi connectivity index (χ1v) is 3.94. The van der Waals surface area contributed by atoms with E-state index in [1.165, 1.54) is 25.9 Å². The largest absolute Gasteiger partial charge is 0.378 e. The number of rotatable bonds is 1. The van der Waals surface area contributed by atoms with E-state index in [4.69, 9.17) is 4.74 Å². The summed E-state index contributed by atoms with van der Waals surface area (Å²) in [6.07, 6.45) is 2.51. The summed E-state index contributed by atoms with van der Waals surface area (Å²) in [5.41, 5.74) is 0.854. The van der Waals surface area contributed by atoms with Crippen molar-refractivity contribution in [2.45, 2.75) is 25.4 Å². The van der Waals surface area contributed by atoms with Gasteiger partial charge in [-0.15, -0.1) is 0 Å². The molecule has 58 valence electrons. The van der Waals surface area contributed by atoms with Crippen molar-refractivity contribution in [2.75, 3.05) is 20.2 Å². The average Bonchev–Trinajstić information content (AvgIpc) is 1.77. The van der Waals surface area contributed by atoms with Crippen molar-refractivity contribution in [1.29, 1.82) is 0 Å². The Hall–Kier alpha value is -0.0800. The molecule has 0 unspecified atom stereocenters. The Bertz CT molecular complexity index is 136. The molecule has 2 heteroatoms. The second kappa shape index (κ2) is 1.74. The van der Waals surface area contributed by atoms with Crippen LogP contribution in [0.4, 0.5) is 0 Å². The number of hydrogen-bond donors (Lipinski definition) is 1. The van der Waals surface area contributed by atoms with E-state index in [0.29, 0.717) is 5.41 Å². The second-order valence-corrected chi connectivity index (χ2v) is 4.11. The van der Waals surface area contributed by atoms with Crippen molar-refractivity contribution in [2.24, 2.45) is 5.41 Å². The molecule has 0 atom stereocenters. The molecule has 0 radical (unpaired) electrons. The number of nitrogens with one attached hydrogen (secondary N) is 1. The molecule has 0 aromatic heterocycles. The standard InChI is InChI=1S/C8H15NO/c1-7(10-2)3-8(4-7)5-9-6-8/h9H,3-6H2,1-2H3. The summed E-state index contributed by atoms with van der Waals surface area (Å²) in [5.74, 6) is 0. The zero-order valence-electron chi connectivity index (χ0n) is 6.74. The van der Waals surface area contributed by atoms with Crippen molar-refractivity contribution >= 4 is 0 Å². The third kappa shape index (κ3) is 0.722. The van der Waals surface area contributed by atoms with Gasteiger partial charge in [0.2, 0.25) is 0 Å². The van der Waals surface area contributed by atoms with Crippen molar-refractivity contribution in [3.63, 3.8) is 0 Å². The summed E-state index contributed by atoms with van der Waals surface area (Å²) < 4.78 is 5.38. The normalized spacial score (nSPS) is 33.0. The second-order valence-electron chi connectivity index (χ2n) is 4.11. The third-order valence-corrected chi connectivity index (χ3v) is 2.99. The van der Waals surface area contributed by atoms with E-state index in [2.05, 4.69) is 12.2 Å². The van der Waals surface area contributed by atoms with E-state index in [1.807, 2.05) is 7.11 Å². The van der Waals surface area contributed by atoms with Gasteiger partial charge in [0.05, 0.1) is 5.60 Å². The van der Waals surface area contributed by atoms with Crippen LogP contribution in [-0.4, -0.2) is 25.8 Å². The zero-order valence-corrected chi connectivity index (χ0v) is 6.74. The van der Waals surface area contributed by atoms with Crippen LogP contribution in [0, 0.1) is 5.41 Å². The highest BCUT2D eigenvalue weighted by atomic mass is 16.5. The van der Waals surface area contributed by atoms with Crippen molar-refractivity contribution in [3.05, 3.63) is 0 Å². The summed E-state index contributed by atoms with van der Waals surface area (Å²) >= 11 is 0. The Morgan fingerprint density at radius 1 is 1.30 bits per heavy atom. The molecule has 1 heterocycles. The quantitative estimate of drug-likeness (QED) is 0.582. The fourth-order valence-corrected chi connectivity index (χ4v) is 2.41. The van der Waals surface area contributed by atoms with Crippen molar-refractivity contribution in [1.82, 2.24) is 5.32 Å². The Balaban J connectivity index is 1.92. The molecule has 1 N–H and O–H groups in total. The maximum atomic E-state index is 5.38. The van der Waals surface area contributed by atoms with Gasteiger partial charge in [-0.25, -0.2) is 0 Å². The summed E-state index contributed by atoms with van der Waals surface area (Å²) in [4.78, 5) is 0. The molecule has 1 saturated heterocycles. The molecule has 1 spiro atoms. The lowest BCUT2D eigenvalue weighted by Crippen LogP contribution is -2.66. The van der Waals surface area contributed by atoms with Gasteiger partial charge >= 0.3 is 0 Å². The monoisotopic (exact) mass is 141 g/mol. The fraction of sp³-hybridized carbons (Fsp3) is 1.00. The van der Waals surface area contributed by atoms with E-state index < -0.39 is 0 Å². The van der Waals surface area contributed by atoms with E-state index in [-0.39, 0.29) is 5.60 Å². The molecule has 0 bridgehead atoms. The lowest BCUT2D eigenvalue weighted by Gasteiger charge is -2.59. The molecule has 2 aliphatic rings. The van der Waals surface area contributed by atoms with Crippen LogP contribution in [0.5, 0.6) is 0 Å². The van der Waals surface area contributed by atoms with E-state index in [1.54, 1.807) is 0 Å². The van der Waals surface area contributed by atoms with Crippen LogP contribution in [0.15, 0.2) is 0 Å². The lowest BCUT2D eigenvalue weighted by atomic mass is 9.56. The number of methoxy groups -OCH3 is 1. The highest BCUT2D eigenvalue weighted by Crippen LogP contribution is 2.52. The van der Waals surface area contributed by atoms with E-state index in [9.17, 15) is 0 Å². The van der Waals surface area contributed by atoms with Crippen LogP contribution < -0.4 is 5.32 Å². The van der Waals surface area contributed by atoms with Crippen LogP contribution in [0.2, 0.25) is 0 Å². The minimum Gasteiger partial charge on any atom is -0.378 e. The topological polar surface area (TPSA) is 21.3 Å². The summed E-state index contributed by atoms with van der Waals surface area (Å²) in [6, 6.07) is 0. The van der Waals surface area contributed by atoms with Crippen molar-refractivity contribution in [3.8, 4) is 0 Å². The molecular formula is C8H15NO. The van der Waals surface area contributed by atoms with Gasteiger partial charge in [-0.05, 0) is 19.8 Å². The van der Waals surface area contributed by atoms with Gasteiger partial charge in [-0.1, -0.05) is 0 Å². The molecule has 0 aromatic carbocycles. The van der Waals surface area contributed by atoms with Crippen LogP contribution in [0.25, 0.3) is 0 Å². The highest BCUT2D eigenvalue weighted by molar-refractivity contribution is 5.09. The van der Waals surface area contributed by atoms with Gasteiger partial charge in [0.1, 0.15) is 0 Å². The average molecular weight is 141 g/mol. The van der Waals surface area contributed by atoms with Crippen molar-refractivity contribution < 1.29 is 4.74 Å². The number of hydrogen-bond acceptors (Lipinski definition) is 2. The van der Waals surface area contributed by atoms with Gasteiger partial charge < -0.3 is 10.1 Å². The predicted molar refractivity (Wildman–Crippen MR) is 40.0 cm³/mol. The Morgan fingerprint density at radius 2 is 1.90 bits per heavy atom. The molecule has 2 rings (SSSR count). The first-order valence-electron chi connectivity index (χ1n) is 3.94. The minimum atomic E-state index is 0.210. The predicted octanol–water partition coefficient (Wildman–Crippen LogP) is 0.775. The first kappa shape index (κ1) is 6.62. The number of ether oxygens (including phenoxy) is 1. The van der Waals surface area contributed by atoms with Crippen LogP contribution in [-0.2, 0) is 4.74 Å². The maximum Gasteiger partial charge on any atom is 0.0663 e. The van der Waals surface area contributed by atoms with E-state index in [0.717, 1.165) is 0 Å². The zero-order chi connectivity index (χ0) is 7.24. The first-order chi connectivity index (χ1) is 4.68. The summed E-state index contributed by atoms with van der Waals surface area (Å²) in [5, 5.41) is 3.31. The molecular weight excluding hydrogens is 126 g/mol. The van der Waals surface area contributed by atoms with Crippen LogP contribution >= 0.6 is 0 Å². The maximum absolute atomic E-state index is 5.38. The van der Waals surface area contributed by atoms with Gasteiger partial charge in [0, 0.05) is 25.6 Å². The molecule has 1 saturated carbocycles. The smallest absolute Gasteiger partial charge is 0.0663 e. The minimum absolute atomic E-state index is 0.210. The Labute approximate surface area is 61.9 Å². The molecule has 1 aliphatic heterocycles. The highest BCUT2D eigenvalue weighted by Gasteiger charge is 2.55. The molecule has 0 amide bonds.